The van der Waals surface area contributed by atoms with Crippen molar-refractivity contribution in [2.75, 3.05) is 13.7 Å². The zero-order valence-electron chi connectivity index (χ0n) is 13.3. The Morgan fingerprint density at radius 2 is 1.95 bits per heavy atom. The summed E-state index contributed by atoms with van der Waals surface area (Å²) in [5.41, 5.74) is -0.413. The number of carbonyl (C=O) groups is 2. The predicted molar refractivity (Wildman–Crippen MR) is 82.8 cm³/mol. The van der Waals surface area contributed by atoms with Crippen LogP contribution < -0.4 is 10.1 Å². The molecule has 0 radical (unpaired) electrons. The summed E-state index contributed by atoms with van der Waals surface area (Å²) in [4.78, 5) is 23.6. The molecular weight excluding hydrogens is 282 g/mol. The summed E-state index contributed by atoms with van der Waals surface area (Å²) in [6.45, 7) is 3.92. The van der Waals surface area contributed by atoms with Crippen LogP contribution in [0.3, 0.4) is 0 Å². The monoisotopic (exact) mass is 305 g/mol. The second-order valence-electron chi connectivity index (χ2n) is 6.64. The number of aliphatic carboxylic acids is 1. The maximum Gasteiger partial charge on any atom is 0.311 e. The van der Waals surface area contributed by atoms with Crippen molar-refractivity contribution in [1.29, 1.82) is 0 Å². The van der Waals surface area contributed by atoms with Gasteiger partial charge in [0.25, 0.3) is 0 Å². The zero-order chi connectivity index (χ0) is 16.4. The number of ether oxygens (including phenoxy) is 1. The maximum atomic E-state index is 12.4. The third-order valence-electron chi connectivity index (χ3n) is 4.33. The molecule has 0 bridgehead atoms. The van der Waals surface area contributed by atoms with Gasteiger partial charge in [-0.2, -0.15) is 0 Å². The predicted octanol–water partition coefficient (Wildman–Crippen LogP) is 2.24. The lowest BCUT2D eigenvalue weighted by Gasteiger charge is -2.25. The van der Waals surface area contributed by atoms with Gasteiger partial charge in [0.2, 0.25) is 5.91 Å². The van der Waals surface area contributed by atoms with Crippen LogP contribution >= 0.6 is 0 Å². The van der Waals surface area contributed by atoms with E-state index >= 15 is 0 Å². The molecule has 0 aromatic heterocycles. The fourth-order valence-corrected chi connectivity index (χ4v) is 2.51. The van der Waals surface area contributed by atoms with Gasteiger partial charge >= 0.3 is 5.97 Å². The van der Waals surface area contributed by atoms with Crippen LogP contribution in [0.4, 0.5) is 0 Å². The molecule has 1 aromatic rings. The highest BCUT2D eigenvalue weighted by molar-refractivity contribution is 5.84. The molecule has 5 nitrogen and oxygen atoms in total. The molecule has 0 saturated heterocycles. The van der Waals surface area contributed by atoms with Gasteiger partial charge < -0.3 is 15.2 Å². The van der Waals surface area contributed by atoms with E-state index in [0.717, 1.165) is 11.3 Å². The Bertz CT molecular complexity index is 576. The van der Waals surface area contributed by atoms with Crippen LogP contribution in [0.5, 0.6) is 5.75 Å². The van der Waals surface area contributed by atoms with Gasteiger partial charge in [-0.05, 0) is 30.9 Å². The molecule has 1 aliphatic rings. The molecule has 120 valence electrons. The maximum absolute atomic E-state index is 12.4. The highest BCUT2D eigenvalue weighted by atomic mass is 16.5. The van der Waals surface area contributed by atoms with Crippen LogP contribution in [0.15, 0.2) is 24.3 Å². The fraction of sp³-hybridized carbons (Fsp3) is 0.529. The van der Waals surface area contributed by atoms with Crippen molar-refractivity contribution in [3.05, 3.63) is 29.8 Å². The minimum Gasteiger partial charge on any atom is -0.496 e. The number of nitrogens with one attached hydrogen (secondary N) is 1. The van der Waals surface area contributed by atoms with Crippen molar-refractivity contribution in [2.24, 2.45) is 10.8 Å². The lowest BCUT2D eigenvalue weighted by atomic mass is 9.84. The number of hydrogen-bond donors (Lipinski definition) is 2. The van der Waals surface area contributed by atoms with Gasteiger partial charge in [-0.15, -0.1) is 0 Å². The normalized spacial score (nSPS) is 16.0. The Morgan fingerprint density at radius 1 is 1.32 bits per heavy atom. The number of hydrogen-bond acceptors (Lipinski definition) is 3. The van der Waals surface area contributed by atoms with E-state index < -0.39 is 16.8 Å². The number of benzene rings is 1. The van der Waals surface area contributed by atoms with Gasteiger partial charge in [0.15, 0.2) is 0 Å². The van der Waals surface area contributed by atoms with E-state index in [1.165, 1.54) is 0 Å². The molecule has 2 rings (SSSR count). The highest BCUT2D eigenvalue weighted by Crippen LogP contribution is 2.45. The lowest BCUT2D eigenvalue weighted by Crippen LogP contribution is -2.42. The number of rotatable bonds is 7. The summed E-state index contributed by atoms with van der Waals surface area (Å²) in [6, 6.07) is 7.61. The van der Waals surface area contributed by atoms with Crippen molar-refractivity contribution < 1.29 is 19.4 Å². The third kappa shape index (κ3) is 3.40. The second-order valence-corrected chi connectivity index (χ2v) is 6.64. The van der Waals surface area contributed by atoms with Crippen molar-refractivity contribution in [1.82, 2.24) is 5.32 Å². The molecule has 0 spiro atoms. The molecule has 1 aliphatic carbocycles. The molecule has 1 fully saturated rings. The quantitative estimate of drug-likeness (QED) is 0.810. The Hall–Kier alpha value is -2.04. The van der Waals surface area contributed by atoms with Crippen LogP contribution in [-0.4, -0.2) is 30.6 Å². The van der Waals surface area contributed by atoms with Gasteiger partial charge in [0.1, 0.15) is 5.75 Å². The van der Waals surface area contributed by atoms with Gasteiger partial charge in [-0.1, -0.05) is 32.0 Å². The largest absolute Gasteiger partial charge is 0.496 e. The van der Waals surface area contributed by atoms with Gasteiger partial charge in [-0.3, -0.25) is 9.59 Å². The molecule has 22 heavy (non-hydrogen) atoms. The first-order valence-corrected chi connectivity index (χ1v) is 7.44. The molecule has 1 saturated carbocycles. The summed E-state index contributed by atoms with van der Waals surface area (Å²) < 4.78 is 5.32. The summed E-state index contributed by atoms with van der Waals surface area (Å²) in [5.74, 6) is -0.200. The van der Waals surface area contributed by atoms with Gasteiger partial charge in [0, 0.05) is 12.0 Å². The Kier molecular flexibility index (Phi) is 4.44. The molecule has 0 aliphatic heterocycles. The van der Waals surface area contributed by atoms with Crippen LogP contribution in [0.2, 0.25) is 0 Å². The van der Waals surface area contributed by atoms with E-state index in [2.05, 4.69) is 5.32 Å². The second kappa shape index (κ2) is 5.99. The fourth-order valence-electron chi connectivity index (χ4n) is 2.51. The van der Waals surface area contributed by atoms with Crippen molar-refractivity contribution in [3.63, 3.8) is 0 Å². The minimum atomic E-state index is -0.824. The number of amides is 1. The first kappa shape index (κ1) is 16.3. The van der Waals surface area contributed by atoms with Crippen LogP contribution in [-0.2, 0) is 16.0 Å². The van der Waals surface area contributed by atoms with E-state index in [9.17, 15) is 9.59 Å². The van der Waals surface area contributed by atoms with Crippen molar-refractivity contribution in [3.8, 4) is 5.75 Å². The SMILES string of the molecule is COc1ccccc1CC(C)(C)C(=O)NCC1(C(=O)O)CC1. The molecule has 0 heterocycles. The minimum absolute atomic E-state index is 0.133. The summed E-state index contributed by atoms with van der Waals surface area (Å²) in [5, 5.41) is 12.0. The lowest BCUT2D eigenvalue weighted by molar-refractivity contribution is -0.143. The summed E-state index contributed by atoms with van der Waals surface area (Å²) >= 11 is 0. The molecule has 1 amide bonds. The molecule has 0 atom stereocenters. The number of methoxy groups -OCH3 is 1. The van der Waals surface area contributed by atoms with Crippen molar-refractivity contribution >= 4 is 11.9 Å². The van der Waals surface area contributed by atoms with Crippen molar-refractivity contribution in [2.45, 2.75) is 33.1 Å². The zero-order valence-corrected chi connectivity index (χ0v) is 13.3. The van der Waals surface area contributed by atoms with Crippen LogP contribution in [0.1, 0.15) is 32.3 Å². The Morgan fingerprint density at radius 3 is 2.50 bits per heavy atom. The first-order valence-electron chi connectivity index (χ1n) is 7.44. The van der Waals surface area contributed by atoms with Gasteiger partial charge in [-0.25, -0.2) is 0 Å². The average Bonchev–Trinajstić information content (AvgIpc) is 3.26. The Balaban J connectivity index is 2.00. The highest BCUT2D eigenvalue weighted by Gasteiger charge is 2.50. The molecule has 2 N–H and O–H groups in total. The Labute approximate surface area is 130 Å². The van der Waals surface area contributed by atoms with E-state index in [0.29, 0.717) is 19.3 Å². The number of carboxylic acids is 1. The van der Waals surface area contributed by atoms with E-state index in [-0.39, 0.29) is 12.5 Å². The smallest absolute Gasteiger partial charge is 0.311 e. The average molecular weight is 305 g/mol. The molecular formula is C17H23NO4. The van der Waals surface area contributed by atoms with E-state index in [1.807, 2.05) is 38.1 Å². The molecule has 5 heteroatoms. The van der Waals surface area contributed by atoms with Crippen LogP contribution in [0, 0.1) is 10.8 Å². The standard InChI is InChI=1S/C17H23NO4/c1-16(2,10-12-6-4-5-7-13(12)22-3)14(19)18-11-17(8-9-17)15(20)21/h4-7H,8-11H2,1-3H3,(H,18,19)(H,20,21). The first-order chi connectivity index (χ1) is 10.3. The third-order valence-corrected chi connectivity index (χ3v) is 4.33. The topological polar surface area (TPSA) is 75.6 Å². The number of carbonyl (C=O) groups excluding carboxylic acids is 1. The number of carboxylic acid groups (broad SMARTS) is 1. The van der Waals surface area contributed by atoms with E-state index in [1.54, 1.807) is 7.11 Å². The number of para-hydroxylation sites is 1. The van der Waals surface area contributed by atoms with E-state index in [4.69, 9.17) is 9.84 Å². The summed E-state index contributed by atoms with van der Waals surface area (Å²) in [7, 11) is 1.61. The molecule has 0 unspecified atom stereocenters. The van der Waals surface area contributed by atoms with Crippen LogP contribution in [0.25, 0.3) is 0 Å². The van der Waals surface area contributed by atoms with Gasteiger partial charge in [0.05, 0.1) is 12.5 Å². The molecule has 1 aromatic carbocycles. The summed E-state index contributed by atoms with van der Waals surface area (Å²) in [6.07, 6.45) is 1.80.